The Bertz CT molecular complexity index is 1390. The first-order valence-electron chi connectivity index (χ1n) is 12.9. The van der Waals surface area contributed by atoms with E-state index in [1.54, 1.807) is 37.3 Å². The van der Waals surface area contributed by atoms with Crippen molar-refractivity contribution < 1.29 is 27.1 Å². The number of anilines is 1. The second kappa shape index (κ2) is 13.0. The minimum atomic E-state index is -4.19. The summed E-state index contributed by atoms with van der Waals surface area (Å²) in [4.78, 5) is 28.6. The number of methoxy groups -OCH3 is 1. The zero-order valence-electron chi connectivity index (χ0n) is 23.4. The van der Waals surface area contributed by atoms with Gasteiger partial charge in [0.15, 0.2) is 0 Å². The van der Waals surface area contributed by atoms with Crippen LogP contribution < -0.4 is 14.4 Å². The van der Waals surface area contributed by atoms with E-state index < -0.39 is 39.9 Å². The van der Waals surface area contributed by atoms with Crippen molar-refractivity contribution in [2.45, 2.75) is 57.1 Å². The molecule has 214 valence electrons. The molecule has 0 radical (unpaired) electrons. The highest BCUT2D eigenvalue weighted by atomic mass is 32.2. The Hall–Kier alpha value is -3.92. The quantitative estimate of drug-likeness (QED) is 0.360. The van der Waals surface area contributed by atoms with E-state index in [1.165, 1.54) is 60.5 Å². The average molecular weight is 570 g/mol. The number of benzene rings is 3. The SMILES string of the molecule is CC[C@H](C(=O)NC(C)(C)C)N(Cc1ccc(F)cc1)C(=O)CN(c1ccccc1)S(=O)(=O)c1ccc(OC)cc1. The number of para-hydroxylation sites is 1. The number of carbonyl (C=O) groups is 2. The highest BCUT2D eigenvalue weighted by molar-refractivity contribution is 7.92. The summed E-state index contributed by atoms with van der Waals surface area (Å²) in [6.45, 7) is 6.72. The van der Waals surface area contributed by atoms with Crippen LogP contribution in [0.3, 0.4) is 0 Å². The Kier molecular flexibility index (Phi) is 9.92. The lowest BCUT2D eigenvalue weighted by molar-refractivity contribution is -0.141. The minimum absolute atomic E-state index is 0.0135. The monoisotopic (exact) mass is 569 g/mol. The molecule has 10 heteroatoms. The maximum atomic E-state index is 14.0. The third kappa shape index (κ3) is 7.81. The summed E-state index contributed by atoms with van der Waals surface area (Å²) < 4.78 is 47.5. The average Bonchev–Trinajstić information content (AvgIpc) is 2.92. The van der Waals surface area contributed by atoms with Gasteiger partial charge in [-0.1, -0.05) is 37.3 Å². The molecule has 3 aromatic carbocycles. The van der Waals surface area contributed by atoms with Gasteiger partial charge < -0.3 is 15.0 Å². The van der Waals surface area contributed by atoms with E-state index in [2.05, 4.69) is 5.32 Å². The van der Waals surface area contributed by atoms with Crippen LogP contribution in [-0.4, -0.2) is 50.4 Å². The molecule has 0 spiro atoms. The normalized spacial score (nSPS) is 12.3. The summed E-state index contributed by atoms with van der Waals surface area (Å²) >= 11 is 0. The molecule has 0 aromatic heterocycles. The zero-order chi connectivity index (χ0) is 29.5. The van der Waals surface area contributed by atoms with Gasteiger partial charge in [-0.2, -0.15) is 0 Å². The number of amides is 2. The summed E-state index contributed by atoms with van der Waals surface area (Å²) in [6, 6.07) is 18.9. The van der Waals surface area contributed by atoms with Crippen molar-refractivity contribution in [3.05, 3.63) is 90.2 Å². The molecule has 0 fully saturated rings. The van der Waals surface area contributed by atoms with Gasteiger partial charge in [0, 0.05) is 12.1 Å². The Labute approximate surface area is 235 Å². The first-order valence-corrected chi connectivity index (χ1v) is 14.4. The molecule has 40 heavy (non-hydrogen) atoms. The summed E-state index contributed by atoms with van der Waals surface area (Å²) in [7, 11) is -2.71. The lowest BCUT2D eigenvalue weighted by Crippen LogP contribution is -2.55. The van der Waals surface area contributed by atoms with E-state index >= 15 is 0 Å². The van der Waals surface area contributed by atoms with Crippen LogP contribution in [0.4, 0.5) is 10.1 Å². The fourth-order valence-electron chi connectivity index (χ4n) is 4.16. The largest absolute Gasteiger partial charge is 0.497 e. The second-order valence-corrected chi connectivity index (χ2v) is 12.2. The van der Waals surface area contributed by atoms with Crippen LogP contribution in [0.25, 0.3) is 0 Å². The number of sulfonamides is 1. The van der Waals surface area contributed by atoms with Crippen LogP contribution in [-0.2, 0) is 26.2 Å². The number of nitrogens with one attached hydrogen (secondary N) is 1. The van der Waals surface area contributed by atoms with E-state index in [0.717, 1.165) is 4.31 Å². The van der Waals surface area contributed by atoms with Crippen molar-refractivity contribution >= 4 is 27.5 Å². The highest BCUT2D eigenvalue weighted by Crippen LogP contribution is 2.26. The molecule has 1 atom stereocenters. The maximum absolute atomic E-state index is 14.0. The number of ether oxygens (including phenoxy) is 1. The number of nitrogens with zero attached hydrogens (tertiary/aromatic N) is 2. The maximum Gasteiger partial charge on any atom is 0.264 e. The van der Waals surface area contributed by atoms with E-state index in [9.17, 15) is 22.4 Å². The first-order chi connectivity index (χ1) is 18.9. The molecule has 0 aliphatic rings. The molecule has 3 aromatic rings. The summed E-state index contributed by atoms with van der Waals surface area (Å²) in [5.74, 6) is -0.890. The summed E-state index contributed by atoms with van der Waals surface area (Å²) in [5.41, 5.74) is 0.338. The van der Waals surface area contributed by atoms with Gasteiger partial charge in [-0.3, -0.25) is 13.9 Å². The van der Waals surface area contributed by atoms with Crippen molar-refractivity contribution in [1.29, 1.82) is 0 Å². The van der Waals surface area contributed by atoms with Crippen molar-refractivity contribution in [1.82, 2.24) is 10.2 Å². The first kappa shape index (κ1) is 30.6. The third-order valence-corrected chi connectivity index (χ3v) is 7.91. The summed E-state index contributed by atoms with van der Waals surface area (Å²) in [5, 5.41) is 2.92. The number of hydrogen-bond donors (Lipinski definition) is 1. The molecule has 1 N–H and O–H groups in total. The van der Waals surface area contributed by atoms with Gasteiger partial charge in [0.1, 0.15) is 24.2 Å². The van der Waals surface area contributed by atoms with Crippen molar-refractivity contribution in [3.8, 4) is 5.75 Å². The summed E-state index contributed by atoms with van der Waals surface area (Å²) in [6.07, 6.45) is 0.283. The molecule has 8 nitrogen and oxygen atoms in total. The topological polar surface area (TPSA) is 96.0 Å². The molecule has 0 aliphatic carbocycles. The lowest BCUT2D eigenvalue weighted by atomic mass is 10.1. The van der Waals surface area contributed by atoms with Crippen LogP contribution in [0.5, 0.6) is 5.75 Å². The van der Waals surface area contributed by atoms with Gasteiger partial charge in [-0.25, -0.2) is 12.8 Å². The fraction of sp³-hybridized carbons (Fsp3) is 0.333. The second-order valence-electron chi connectivity index (χ2n) is 10.3. The predicted octanol–water partition coefficient (Wildman–Crippen LogP) is 4.75. The fourth-order valence-corrected chi connectivity index (χ4v) is 5.57. The minimum Gasteiger partial charge on any atom is -0.497 e. The number of rotatable bonds is 11. The molecule has 3 rings (SSSR count). The van der Waals surface area contributed by atoms with Crippen LogP contribution in [0, 0.1) is 5.82 Å². The van der Waals surface area contributed by atoms with Gasteiger partial charge in [0.25, 0.3) is 10.0 Å². The molecule has 0 saturated heterocycles. The molecule has 0 saturated carbocycles. The van der Waals surface area contributed by atoms with E-state index in [1.807, 2.05) is 20.8 Å². The molecular weight excluding hydrogens is 533 g/mol. The van der Waals surface area contributed by atoms with Crippen LogP contribution >= 0.6 is 0 Å². The molecule has 0 heterocycles. The van der Waals surface area contributed by atoms with E-state index in [4.69, 9.17) is 4.74 Å². The molecule has 2 amide bonds. The Balaban J connectivity index is 2.04. The van der Waals surface area contributed by atoms with Crippen LogP contribution in [0.2, 0.25) is 0 Å². The Morgan fingerprint density at radius 2 is 1.55 bits per heavy atom. The smallest absolute Gasteiger partial charge is 0.264 e. The van der Waals surface area contributed by atoms with Gasteiger partial charge in [-0.15, -0.1) is 0 Å². The standard InChI is InChI=1S/C30H36FN3O5S/c1-6-27(29(36)32-30(2,3)4)33(20-22-12-14-23(31)15-13-22)28(35)21-34(24-10-8-7-9-11-24)40(37,38)26-18-16-25(39-5)17-19-26/h7-19,27H,6,20-21H2,1-5H3,(H,32,36)/t27-/m1/s1. The van der Waals surface area contributed by atoms with Gasteiger partial charge in [-0.05, 0) is 81.3 Å². The van der Waals surface area contributed by atoms with Crippen LogP contribution in [0.15, 0.2) is 83.8 Å². The lowest BCUT2D eigenvalue weighted by Gasteiger charge is -2.34. The number of halogens is 1. The number of carbonyl (C=O) groups excluding carboxylic acids is 2. The molecule has 0 bridgehead atoms. The van der Waals surface area contributed by atoms with Crippen molar-refractivity contribution in [3.63, 3.8) is 0 Å². The van der Waals surface area contributed by atoms with Gasteiger partial charge >= 0.3 is 0 Å². The Morgan fingerprint density at radius 1 is 0.950 bits per heavy atom. The molecule has 0 unspecified atom stereocenters. The van der Waals surface area contributed by atoms with Crippen molar-refractivity contribution in [2.24, 2.45) is 0 Å². The van der Waals surface area contributed by atoms with Gasteiger partial charge in [0.2, 0.25) is 11.8 Å². The Morgan fingerprint density at radius 3 is 2.08 bits per heavy atom. The molecular formula is C30H36FN3O5S. The zero-order valence-corrected chi connectivity index (χ0v) is 24.2. The van der Waals surface area contributed by atoms with Gasteiger partial charge in [0.05, 0.1) is 17.7 Å². The predicted molar refractivity (Wildman–Crippen MR) is 153 cm³/mol. The van der Waals surface area contributed by atoms with Crippen LogP contribution in [0.1, 0.15) is 39.7 Å². The highest BCUT2D eigenvalue weighted by Gasteiger charge is 2.34. The van der Waals surface area contributed by atoms with Crippen molar-refractivity contribution in [2.75, 3.05) is 18.0 Å². The number of hydrogen-bond acceptors (Lipinski definition) is 5. The third-order valence-electron chi connectivity index (χ3n) is 6.12. The van der Waals surface area contributed by atoms with E-state index in [0.29, 0.717) is 17.0 Å². The molecule has 0 aliphatic heterocycles. The van der Waals surface area contributed by atoms with E-state index in [-0.39, 0.29) is 23.8 Å².